The smallest absolute Gasteiger partial charge is 0.375 e. The fourth-order valence-electron chi connectivity index (χ4n) is 2.47. The van der Waals surface area contributed by atoms with Gasteiger partial charge in [0.2, 0.25) is 11.5 Å². The Morgan fingerprint density at radius 2 is 1.91 bits per heavy atom. The summed E-state index contributed by atoms with van der Waals surface area (Å²) in [6.45, 7) is -0.889. The zero-order chi connectivity index (χ0) is 16.2. The second-order valence-corrected chi connectivity index (χ2v) is 5.42. The molecule has 0 saturated heterocycles. The zero-order valence-corrected chi connectivity index (χ0v) is 11.9. The van der Waals surface area contributed by atoms with Gasteiger partial charge in [-0.15, -0.1) is 0 Å². The topological polar surface area (TPSA) is 49.3 Å². The number of benzene rings is 1. The first-order valence-corrected chi connectivity index (χ1v) is 7.12. The molecule has 0 radical (unpaired) electrons. The van der Waals surface area contributed by atoms with E-state index in [-0.39, 0.29) is 11.5 Å². The van der Waals surface area contributed by atoms with Crippen molar-refractivity contribution in [3.8, 4) is 0 Å². The number of nitrogens with one attached hydrogen (secondary N) is 1. The molecular weight excluding hydrogens is 295 g/mol. The lowest BCUT2D eigenvalue weighted by atomic mass is 9.91. The summed E-state index contributed by atoms with van der Waals surface area (Å²) >= 11 is 0. The van der Waals surface area contributed by atoms with Gasteiger partial charge in [-0.3, -0.25) is 4.79 Å². The molecule has 0 bridgehead atoms. The van der Waals surface area contributed by atoms with Crippen LogP contribution in [0.2, 0.25) is 0 Å². The first-order valence-electron chi connectivity index (χ1n) is 7.12. The molecule has 1 aromatic rings. The first kappa shape index (κ1) is 16.5. The summed E-state index contributed by atoms with van der Waals surface area (Å²) in [7, 11) is 0. The standard InChI is InChI=1S/C16H18F3NO2/c17-16(18,19)15(22,13-9-5-2-6-10-13)11-20-14(21)12-7-3-1-4-8-12/h1-3,5-6,9-10,12,22H,4,7-8,11H2,(H,20,21)/t12-,15-/m1/s1. The molecule has 120 valence electrons. The number of hydrogen-bond acceptors (Lipinski definition) is 2. The van der Waals surface area contributed by atoms with Gasteiger partial charge < -0.3 is 10.4 Å². The van der Waals surface area contributed by atoms with Gasteiger partial charge in [-0.05, 0) is 24.8 Å². The molecule has 0 saturated carbocycles. The fraction of sp³-hybridized carbons (Fsp3) is 0.438. The Morgan fingerprint density at radius 3 is 2.45 bits per heavy atom. The van der Waals surface area contributed by atoms with Crippen molar-refractivity contribution in [3.63, 3.8) is 0 Å². The molecule has 1 aromatic carbocycles. The molecule has 2 rings (SSSR count). The van der Waals surface area contributed by atoms with Gasteiger partial charge in [-0.1, -0.05) is 42.5 Å². The highest BCUT2D eigenvalue weighted by atomic mass is 19.4. The van der Waals surface area contributed by atoms with Crippen molar-refractivity contribution < 1.29 is 23.1 Å². The van der Waals surface area contributed by atoms with Crippen molar-refractivity contribution in [2.45, 2.75) is 31.0 Å². The van der Waals surface area contributed by atoms with Crippen LogP contribution in [0.3, 0.4) is 0 Å². The van der Waals surface area contributed by atoms with Gasteiger partial charge in [0.15, 0.2) is 0 Å². The van der Waals surface area contributed by atoms with Crippen molar-refractivity contribution in [1.82, 2.24) is 5.32 Å². The molecule has 2 N–H and O–H groups in total. The van der Waals surface area contributed by atoms with Gasteiger partial charge in [0.05, 0.1) is 6.54 Å². The number of carbonyl (C=O) groups is 1. The Kier molecular flexibility index (Phi) is 4.90. The number of allylic oxidation sites excluding steroid dienone is 2. The van der Waals surface area contributed by atoms with Crippen LogP contribution < -0.4 is 5.32 Å². The number of aliphatic hydroxyl groups is 1. The highest BCUT2D eigenvalue weighted by Gasteiger charge is 2.55. The molecule has 0 fully saturated rings. The van der Waals surface area contributed by atoms with E-state index < -0.39 is 24.2 Å². The summed E-state index contributed by atoms with van der Waals surface area (Å²) in [5.74, 6) is -0.791. The first-order chi connectivity index (χ1) is 10.3. The van der Waals surface area contributed by atoms with E-state index in [0.29, 0.717) is 12.8 Å². The fourth-order valence-corrected chi connectivity index (χ4v) is 2.47. The maximum Gasteiger partial charge on any atom is 0.423 e. The molecule has 2 atom stereocenters. The van der Waals surface area contributed by atoms with Gasteiger partial charge >= 0.3 is 6.18 Å². The van der Waals surface area contributed by atoms with Crippen molar-refractivity contribution in [2.75, 3.05) is 6.54 Å². The van der Waals surface area contributed by atoms with E-state index in [0.717, 1.165) is 6.42 Å². The average molecular weight is 313 g/mol. The molecule has 0 aliphatic heterocycles. The summed E-state index contributed by atoms with van der Waals surface area (Å²) < 4.78 is 39.8. The summed E-state index contributed by atoms with van der Waals surface area (Å²) in [4.78, 5) is 12.0. The second kappa shape index (κ2) is 6.52. The minimum Gasteiger partial charge on any atom is -0.375 e. The Hall–Kier alpha value is -1.82. The van der Waals surface area contributed by atoms with E-state index >= 15 is 0 Å². The highest BCUT2D eigenvalue weighted by molar-refractivity contribution is 5.79. The van der Waals surface area contributed by atoms with Gasteiger partial charge in [0.25, 0.3) is 0 Å². The molecule has 3 nitrogen and oxygen atoms in total. The summed E-state index contributed by atoms with van der Waals surface area (Å²) in [5, 5.41) is 12.4. The number of rotatable bonds is 4. The molecule has 1 aliphatic carbocycles. The van der Waals surface area contributed by atoms with Crippen molar-refractivity contribution in [2.24, 2.45) is 5.92 Å². The monoisotopic (exact) mass is 313 g/mol. The molecular formula is C16H18F3NO2. The molecule has 0 heterocycles. The van der Waals surface area contributed by atoms with Crippen LogP contribution >= 0.6 is 0 Å². The molecule has 0 aromatic heterocycles. The van der Waals surface area contributed by atoms with E-state index in [1.54, 1.807) is 6.07 Å². The molecule has 0 unspecified atom stereocenters. The van der Waals surface area contributed by atoms with Crippen molar-refractivity contribution in [3.05, 3.63) is 48.0 Å². The Labute approximate surface area is 126 Å². The summed E-state index contributed by atoms with van der Waals surface area (Å²) in [6, 6.07) is 6.79. The largest absolute Gasteiger partial charge is 0.423 e. The van der Waals surface area contributed by atoms with Gasteiger partial charge in [-0.25, -0.2) is 0 Å². The van der Waals surface area contributed by atoms with Gasteiger partial charge in [0.1, 0.15) is 0 Å². The second-order valence-electron chi connectivity index (χ2n) is 5.42. The van der Waals surface area contributed by atoms with Crippen LogP contribution in [0.1, 0.15) is 24.8 Å². The molecule has 1 aliphatic rings. The third-order valence-corrected chi connectivity index (χ3v) is 3.88. The number of hydrogen-bond donors (Lipinski definition) is 2. The number of alkyl halides is 3. The normalized spacial score (nSPS) is 21.2. The Balaban J connectivity index is 2.11. The van der Waals surface area contributed by atoms with Crippen molar-refractivity contribution >= 4 is 5.91 Å². The van der Waals surface area contributed by atoms with Crippen LogP contribution in [-0.4, -0.2) is 23.7 Å². The number of halogens is 3. The molecule has 6 heteroatoms. The predicted octanol–water partition coefficient (Wildman–Crippen LogP) is 2.91. The third kappa shape index (κ3) is 3.50. The van der Waals surface area contributed by atoms with Gasteiger partial charge in [-0.2, -0.15) is 13.2 Å². The maximum absolute atomic E-state index is 13.3. The van der Waals surface area contributed by atoms with Crippen LogP contribution in [0.15, 0.2) is 42.5 Å². The van der Waals surface area contributed by atoms with E-state index in [1.807, 2.05) is 12.2 Å². The lowest BCUT2D eigenvalue weighted by Crippen LogP contribution is -2.51. The Morgan fingerprint density at radius 1 is 1.23 bits per heavy atom. The predicted molar refractivity (Wildman–Crippen MR) is 75.9 cm³/mol. The van der Waals surface area contributed by atoms with E-state index in [4.69, 9.17) is 0 Å². The maximum atomic E-state index is 13.3. The SMILES string of the molecule is O=C(NC[C@@](O)(c1ccccc1)C(F)(F)F)[C@@H]1CC=CCC1. The molecule has 0 spiro atoms. The molecule has 1 amide bonds. The highest BCUT2D eigenvalue weighted by Crippen LogP contribution is 2.38. The van der Waals surface area contributed by atoms with Crippen molar-refractivity contribution in [1.29, 1.82) is 0 Å². The summed E-state index contributed by atoms with van der Waals surface area (Å²) in [5.41, 5.74) is -3.37. The minimum atomic E-state index is -4.88. The van der Waals surface area contributed by atoms with Crippen LogP contribution in [0.5, 0.6) is 0 Å². The average Bonchev–Trinajstić information content (AvgIpc) is 2.53. The van der Waals surface area contributed by atoms with E-state index in [1.165, 1.54) is 24.3 Å². The molecule has 22 heavy (non-hydrogen) atoms. The van der Waals surface area contributed by atoms with Crippen LogP contribution in [-0.2, 0) is 10.4 Å². The number of amides is 1. The third-order valence-electron chi connectivity index (χ3n) is 3.88. The van der Waals surface area contributed by atoms with E-state index in [9.17, 15) is 23.1 Å². The van der Waals surface area contributed by atoms with Crippen LogP contribution in [0.25, 0.3) is 0 Å². The Bertz CT molecular complexity index is 542. The minimum absolute atomic E-state index is 0.286. The zero-order valence-electron chi connectivity index (χ0n) is 11.9. The summed E-state index contributed by atoms with van der Waals surface area (Å²) in [6.07, 6.45) is 0.773. The lowest BCUT2D eigenvalue weighted by molar-refractivity contribution is -0.264. The lowest BCUT2D eigenvalue weighted by Gasteiger charge is -2.31. The van der Waals surface area contributed by atoms with E-state index in [2.05, 4.69) is 5.32 Å². The van der Waals surface area contributed by atoms with Crippen LogP contribution in [0, 0.1) is 5.92 Å². The van der Waals surface area contributed by atoms with Gasteiger partial charge in [0, 0.05) is 5.92 Å². The number of carbonyl (C=O) groups excluding carboxylic acids is 1. The quantitative estimate of drug-likeness (QED) is 0.840. The van der Waals surface area contributed by atoms with Crippen LogP contribution in [0.4, 0.5) is 13.2 Å².